The van der Waals surface area contributed by atoms with Crippen LogP contribution in [0.25, 0.3) is 0 Å². The number of amides is 2. The maximum absolute atomic E-state index is 13.3. The molecular weight excluding hydrogens is 216 g/mol. The Kier molecular flexibility index (Phi) is 2.68. The van der Waals surface area contributed by atoms with Gasteiger partial charge in [-0.15, -0.1) is 0 Å². The molecule has 2 rings (SSSR count). The van der Waals surface area contributed by atoms with Crippen LogP contribution in [-0.2, 0) is 16.0 Å². The van der Waals surface area contributed by atoms with E-state index >= 15 is 0 Å². The van der Waals surface area contributed by atoms with E-state index in [9.17, 15) is 18.4 Å². The summed E-state index contributed by atoms with van der Waals surface area (Å²) in [6, 6.07) is 3.07. The highest BCUT2D eigenvalue weighted by atomic mass is 19.1. The first-order chi connectivity index (χ1) is 7.56. The van der Waals surface area contributed by atoms with Crippen LogP contribution in [0.15, 0.2) is 18.2 Å². The smallest absolute Gasteiger partial charge is 0.230 e. The fraction of sp³-hybridized carbons (Fsp3) is 0.273. The number of halogens is 2. The van der Waals surface area contributed by atoms with Gasteiger partial charge in [0.25, 0.3) is 0 Å². The van der Waals surface area contributed by atoms with Crippen LogP contribution in [-0.4, -0.2) is 11.8 Å². The van der Waals surface area contributed by atoms with Crippen molar-refractivity contribution in [1.29, 1.82) is 0 Å². The Labute approximate surface area is 90.5 Å². The van der Waals surface area contributed by atoms with Crippen LogP contribution >= 0.6 is 0 Å². The molecular formula is C11H9F2NO2. The molecule has 0 bridgehead atoms. The van der Waals surface area contributed by atoms with Crippen molar-refractivity contribution in [2.45, 2.75) is 12.8 Å². The normalized spacial score (nSPS) is 20.0. The number of hydrogen-bond acceptors (Lipinski definition) is 2. The molecule has 1 saturated heterocycles. The zero-order valence-corrected chi connectivity index (χ0v) is 8.30. The van der Waals surface area contributed by atoms with E-state index in [0.717, 1.165) is 18.2 Å². The predicted molar refractivity (Wildman–Crippen MR) is 51.3 cm³/mol. The maximum atomic E-state index is 13.3. The Balaban J connectivity index is 2.18. The van der Waals surface area contributed by atoms with Crippen LogP contribution in [0.1, 0.15) is 12.0 Å². The third-order valence-electron chi connectivity index (χ3n) is 2.54. The number of carbonyl (C=O) groups excluding carboxylic acids is 2. The number of rotatable bonds is 2. The van der Waals surface area contributed by atoms with Gasteiger partial charge in [0, 0.05) is 6.42 Å². The SMILES string of the molecule is O=C1CC(Cc2cc(F)ccc2F)C(=O)N1. The topological polar surface area (TPSA) is 46.2 Å². The van der Waals surface area contributed by atoms with E-state index < -0.39 is 23.5 Å². The summed E-state index contributed by atoms with van der Waals surface area (Å²) >= 11 is 0. The van der Waals surface area contributed by atoms with Crippen molar-refractivity contribution in [2.75, 3.05) is 0 Å². The quantitative estimate of drug-likeness (QED) is 0.768. The molecule has 84 valence electrons. The third-order valence-corrected chi connectivity index (χ3v) is 2.54. The van der Waals surface area contributed by atoms with Gasteiger partial charge in [0.05, 0.1) is 5.92 Å². The van der Waals surface area contributed by atoms with Gasteiger partial charge in [0.1, 0.15) is 11.6 Å². The van der Waals surface area contributed by atoms with Gasteiger partial charge in [-0.25, -0.2) is 8.78 Å². The van der Waals surface area contributed by atoms with Crippen molar-refractivity contribution in [1.82, 2.24) is 5.32 Å². The summed E-state index contributed by atoms with van der Waals surface area (Å²) < 4.78 is 26.1. The Bertz CT molecular complexity index is 459. The molecule has 0 aliphatic carbocycles. The first kappa shape index (κ1) is 10.7. The fourth-order valence-electron chi connectivity index (χ4n) is 1.74. The van der Waals surface area contributed by atoms with E-state index in [1.165, 1.54) is 0 Å². The molecule has 0 aromatic heterocycles. The molecule has 1 aromatic carbocycles. The van der Waals surface area contributed by atoms with Gasteiger partial charge in [-0.1, -0.05) is 0 Å². The summed E-state index contributed by atoms with van der Waals surface area (Å²) in [4.78, 5) is 22.1. The first-order valence-electron chi connectivity index (χ1n) is 4.84. The lowest BCUT2D eigenvalue weighted by Gasteiger charge is -2.06. The molecule has 16 heavy (non-hydrogen) atoms. The van der Waals surface area contributed by atoms with Crippen LogP contribution in [0.4, 0.5) is 8.78 Å². The number of carbonyl (C=O) groups is 2. The molecule has 0 saturated carbocycles. The second-order valence-electron chi connectivity index (χ2n) is 3.75. The number of imide groups is 1. The summed E-state index contributed by atoms with van der Waals surface area (Å²) in [6.07, 6.45) is 0.0793. The molecule has 1 N–H and O–H groups in total. The maximum Gasteiger partial charge on any atom is 0.230 e. The van der Waals surface area contributed by atoms with Crippen molar-refractivity contribution in [3.8, 4) is 0 Å². The second kappa shape index (κ2) is 4.00. The Hall–Kier alpha value is -1.78. The highest BCUT2D eigenvalue weighted by Crippen LogP contribution is 2.19. The largest absolute Gasteiger partial charge is 0.296 e. The van der Waals surface area contributed by atoms with Gasteiger partial charge >= 0.3 is 0 Å². The average Bonchev–Trinajstić information content (AvgIpc) is 2.51. The van der Waals surface area contributed by atoms with Crippen LogP contribution in [0, 0.1) is 17.6 Å². The molecule has 0 radical (unpaired) electrons. The minimum Gasteiger partial charge on any atom is -0.296 e. The average molecular weight is 225 g/mol. The van der Waals surface area contributed by atoms with E-state index in [0.29, 0.717) is 0 Å². The standard InChI is InChI=1S/C11H9F2NO2/c12-8-1-2-9(13)6(4-8)3-7-5-10(15)14-11(7)16/h1-2,4,7H,3,5H2,(H,14,15,16). The molecule has 1 atom stereocenters. The molecule has 1 heterocycles. The van der Waals surface area contributed by atoms with E-state index in [1.54, 1.807) is 0 Å². The summed E-state index contributed by atoms with van der Waals surface area (Å²) in [5.41, 5.74) is 0.120. The summed E-state index contributed by atoms with van der Waals surface area (Å²) in [5, 5.41) is 2.13. The fourth-order valence-corrected chi connectivity index (χ4v) is 1.74. The summed E-state index contributed by atoms with van der Waals surface area (Å²) in [5.74, 6) is -2.50. The molecule has 1 aromatic rings. The minimum absolute atomic E-state index is 0.0365. The number of nitrogens with one attached hydrogen (secondary N) is 1. The van der Waals surface area contributed by atoms with Crippen molar-refractivity contribution in [3.05, 3.63) is 35.4 Å². The van der Waals surface area contributed by atoms with Gasteiger partial charge in [-0.05, 0) is 30.2 Å². The van der Waals surface area contributed by atoms with Crippen LogP contribution in [0.2, 0.25) is 0 Å². The first-order valence-corrected chi connectivity index (χ1v) is 4.84. The van der Waals surface area contributed by atoms with E-state index in [1.807, 2.05) is 0 Å². The van der Waals surface area contributed by atoms with Gasteiger partial charge in [0.15, 0.2) is 0 Å². The van der Waals surface area contributed by atoms with Gasteiger partial charge in [-0.2, -0.15) is 0 Å². The van der Waals surface area contributed by atoms with Gasteiger partial charge < -0.3 is 0 Å². The molecule has 0 spiro atoms. The van der Waals surface area contributed by atoms with Crippen molar-refractivity contribution < 1.29 is 18.4 Å². The minimum atomic E-state index is -0.594. The lowest BCUT2D eigenvalue weighted by atomic mass is 9.97. The number of hydrogen-bond donors (Lipinski definition) is 1. The van der Waals surface area contributed by atoms with E-state index in [4.69, 9.17) is 0 Å². The Morgan fingerprint density at radius 2 is 2.06 bits per heavy atom. The molecule has 3 nitrogen and oxygen atoms in total. The second-order valence-corrected chi connectivity index (χ2v) is 3.75. The molecule has 2 amide bonds. The molecule has 5 heteroatoms. The van der Waals surface area contributed by atoms with Crippen molar-refractivity contribution in [3.63, 3.8) is 0 Å². The van der Waals surface area contributed by atoms with Crippen LogP contribution in [0.5, 0.6) is 0 Å². The number of benzene rings is 1. The molecule has 1 unspecified atom stereocenters. The lowest BCUT2D eigenvalue weighted by Crippen LogP contribution is -2.23. The zero-order chi connectivity index (χ0) is 11.7. The molecule has 1 aliphatic rings. The Morgan fingerprint density at radius 3 is 2.69 bits per heavy atom. The van der Waals surface area contributed by atoms with Crippen LogP contribution < -0.4 is 5.32 Å². The van der Waals surface area contributed by atoms with Gasteiger partial charge in [-0.3, -0.25) is 14.9 Å². The summed E-state index contributed by atoms with van der Waals surface area (Å²) in [7, 11) is 0. The highest BCUT2D eigenvalue weighted by Gasteiger charge is 2.31. The lowest BCUT2D eigenvalue weighted by molar-refractivity contribution is -0.125. The highest BCUT2D eigenvalue weighted by molar-refractivity contribution is 6.03. The van der Waals surface area contributed by atoms with Crippen molar-refractivity contribution in [2.24, 2.45) is 5.92 Å². The van der Waals surface area contributed by atoms with E-state index in [2.05, 4.69) is 5.32 Å². The Morgan fingerprint density at radius 1 is 1.31 bits per heavy atom. The third kappa shape index (κ3) is 2.08. The molecule has 1 aliphatic heterocycles. The summed E-state index contributed by atoms with van der Waals surface area (Å²) in [6.45, 7) is 0. The monoisotopic (exact) mass is 225 g/mol. The van der Waals surface area contributed by atoms with Gasteiger partial charge in [0.2, 0.25) is 11.8 Å². The van der Waals surface area contributed by atoms with Crippen LogP contribution in [0.3, 0.4) is 0 Å². The van der Waals surface area contributed by atoms with E-state index in [-0.39, 0.29) is 24.3 Å². The zero-order valence-electron chi connectivity index (χ0n) is 8.30. The van der Waals surface area contributed by atoms with Crippen molar-refractivity contribution >= 4 is 11.8 Å². The molecule has 1 fully saturated rings. The predicted octanol–water partition coefficient (Wildman–Crippen LogP) is 1.17.